The van der Waals surface area contributed by atoms with Crippen LogP contribution in [-0.2, 0) is 30.7 Å². The second-order valence-corrected chi connectivity index (χ2v) is 8.45. The van der Waals surface area contributed by atoms with Crippen LogP contribution in [0.5, 0.6) is 0 Å². The van der Waals surface area contributed by atoms with E-state index in [4.69, 9.17) is 4.98 Å². The van der Waals surface area contributed by atoms with E-state index in [1.54, 1.807) is 0 Å². The quantitative estimate of drug-likeness (QED) is 0.715. The van der Waals surface area contributed by atoms with Crippen molar-refractivity contribution >= 4 is 5.91 Å². The molecule has 2 aliphatic heterocycles. The van der Waals surface area contributed by atoms with Gasteiger partial charge in [0.25, 0.3) is 0 Å². The minimum Gasteiger partial charge on any atom is -0.352 e. The first-order valence-electron chi connectivity index (χ1n) is 10.7. The molecule has 3 N–H and O–H groups in total. The number of imidazole rings is 1. The van der Waals surface area contributed by atoms with Crippen molar-refractivity contribution in [1.29, 1.82) is 0 Å². The number of carbonyl (C=O) groups is 1. The van der Waals surface area contributed by atoms with E-state index in [1.165, 1.54) is 16.7 Å². The highest BCUT2D eigenvalue weighted by molar-refractivity contribution is 5.80. The van der Waals surface area contributed by atoms with E-state index in [9.17, 15) is 4.79 Å². The second kappa shape index (κ2) is 8.24. The number of aryl methyl sites for hydroxylation is 3. The number of pyridine rings is 1. The summed E-state index contributed by atoms with van der Waals surface area (Å²) < 4.78 is 0. The van der Waals surface area contributed by atoms with Gasteiger partial charge in [0.1, 0.15) is 5.82 Å². The summed E-state index contributed by atoms with van der Waals surface area (Å²) in [7, 11) is 2.08. The summed E-state index contributed by atoms with van der Waals surface area (Å²) in [5.41, 5.74) is 6.94. The number of rotatable bonds is 5. The van der Waals surface area contributed by atoms with E-state index in [2.05, 4.69) is 46.4 Å². The van der Waals surface area contributed by atoms with E-state index in [0.29, 0.717) is 6.54 Å². The maximum absolute atomic E-state index is 13.2. The Morgan fingerprint density at radius 2 is 2.17 bits per heavy atom. The number of H-pyrrole nitrogens is 1. The summed E-state index contributed by atoms with van der Waals surface area (Å²) in [6, 6.07) is 0. The number of aromatic nitrogens is 3. The molecule has 4 heterocycles. The topological polar surface area (TPSA) is 85.9 Å². The molecule has 4 rings (SSSR count). The van der Waals surface area contributed by atoms with Crippen molar-refractivity contribution in [1.82, 2.24) is 30.5 Å². The molecule has 1 fully saturated rings. The van der Waals surface area contributed by atoms with Crippen molar-refractivity contribution in [2.24, 2.45) is 5.92 Å². The summed E-state index contributed by atoms with van der Waals surface area (Å²) in [5, 5.41) is 6.62. The smallest absolute Gasteiger partial charge is 0.225 e. The van der Waals surface area contributed by atoms with Gasteiger partial charge < -0.3 is 20.5 Å². The zero-order valence-corrected chi connectivity index (χ0v) is 17.9. The van der Waals surface area contributed by atoms with Crippen molar-refractivity contribution in [3.05, 3.63) is 45.8 Å². The molecule has 2 aliphatic rings. The van der Waals surface area contributed by atoms with Gasteiger partial charge in [-0.05, 0) is 50.6 Å². The van der Waals surface area contributed by atoms with E-state index in [-0.39, 0.29) is 17.7 Å². The Balaban J connectivity index is 1.51. The van der Waals surface area contributed by atoms with E-state index >= 15 is 0 Å². The number of hydrogen-bond donors (Lipinski definition) is 3. The van der Waals surface area contributed by atoms with Crippen molar-refractivity contribution in [2.75, 3.05) is 26.7 Å². The Hall–Kier alpha value is -2.25. The first-order valence-corrected chi connectivity index (χ1v) is 10.7. The molecule has 0 aromatic carbocycles. The molecule has 0 unspecified atom stereocenters. The van der Waals surface area contributed by atoms with Crippen LogP contribution in [0.2, 0.25) is 0 Å². The van der Waals surface area contributed by atoms with E-state index in [0.717, 1.165) is 61.9 Å². The van der Waals surface area contributed by atoms with Crippen LogP contribution in [0, 0.1) is 19.8 Å². The SMILES string of the molecule is CCc1nc([C@@H]2CN(C)C[C@H]2C(=O)NCc2c(C)ncc3c2CCNC3)c(C)[nH]1. The Labute approximate surface area is 172 Å². The zero-order valence-electron chi connectivity index (χ0n) is 17.9. The van der Waals surface area contributed by atoms with Crippen molar-refractivity contribution in [3.63, 3.8) is 0 Å². The number of amides is 1. The largest absolute Gasteiger partial charge is 0.352 e. The van der Waals surface area contributed by atoms with Gasteiger partial charge in [-0.2, -0.15) is 0 Å². The van der Waals surface area contributed by atoms with Crippen molar-refractivity contribution in [2.45, 2.75) is 52.6 Å². The highest BCUT2D eigenvalue weighted by atomic mass is 16.1. The number of likely N-dealkylation sites (N-methyl/N-ethyl adjacent to an activating group) is 1. The Kier molecular flexibility index (Phi) is 5.69. The molecular weight excluding hydrogens is 364 g/mol. The van der Waals surface area contributed by atoms with Crippen LogP contribution < -0.4 is 10.6 Å². The highest BCUT2D eigenvalue weighted by Gasteiger charge is 2.39. The summed E-state index contributed by atoms with van der Waals surface area (Å²) >= 11 is 0. The van der Waals surface area contributed by atoms with Crippen LogP contribution in [0.1, 0.15) is 52.4 Å². The summed E-state index contributed by atoms with van der Waals surface area (Å²) in [5.74, 6) is 1.16. The lowest BCUT2D eigenvalue weighted by Gasteiger charge is -2.23. The molecule has 0 bridgehead atoms. The lowest BCUT2D eigenvalue weighted by Crippen LogP contribution is -2.35. The van der Waals surface area contributed by atoms with Gasteiger partial charge in [-0.3, -0.25) is 9.78 Å². The van der Waals surface area contributed by atoms with Gasteiger partial charge in [-0.1, -0.05) is 6.92 Å². The predicted molar refractivity (Wildman–Crippen MR) is 113 cm³/mol. The zero-order chi connectivity index (χ0) is 20.5. The summed E-state index contributed by atoms with van der Waals surface area (Å²) in [6.45, 7) is 10.2. The molecule has 2 aromatic heterocycles. The molecule has 0 aliphatic carbocycles. The number of nitrogens with one attached hydrogen (secondary N) is 3. The molecule has 156 valence electrons. The third-order valence-electron chi connectivity index (χ3n) is 6.41. The maximum Gasteiger partial charge on any atom is 0.225 e. The Morgan fingerprint density at radius 1 is 1.34 bits per heavy atom. The molecule has 1 amide bonds. The molecule has 7 heteroatoms. The average Bonchev–Trinajstić information content (AvgIpc) is 3.29. The standard InChI is InChI=1S/C22H32N6O/c1-5-20-26-14(3)21(27-20)18-11-28(4)12-19(18)22(29)25-10-17-13(2)24-9-15-8-23-7-6-16(15)17/h9,18-19,23H,5-8,10-12H2,1-4H3,(H,25,29)(H,26,27)/t18-,19-/m1/s1. The minimum atomic E-state index is -0.0822. The second-order valence-electron chi connectivity index (χ2n) is 8.45. The monoisotopic (exact) mass is 396 g/mol. The van der Waals surface area contributed by atoms with Crippen molar-refractivity contribution < 1.29 is 4.79 Å². The van der Waals surface area contributed by atoms with Gasteiger partial charge >= 0.3 is 0 Å². The Morgan fingerprint density at radius 3 is 2.93 bits per heavy atom. The van der Waals surface area contributed by atoms with Crippen LogP contribution in [0.25, 0.3) is 0 Å². The van der Waals surface area contributed by atoms with Gasteiger partial charge in [0, 0.05) is 56.1 Å². The van der Waals surface area contributed by atoms with Gasteiger partial charge in [0.05, 0.1) is 11.6 Å². The fraction of sp³-hybridized carbons (Fsp3) is 0.591. The number of nitrogens with zero attached hydrogens (tertiary/aromatic N) is 3. The Bertz CT molecular complexity index is 905. The summed E-state index contributed by atoms with van der Waals surface area (Å²) in [6.07, 6.45) is 3.83. The number of fused-ring (bicyclic) bond motifs is 1. The molecule has 1 saturated heterocycles. The molecule has 2 atom stereocenters. The molecule has 0 spiro atoms. The molecule has 2 aromatic rings. The normalized spacial score (nSPS) is 21.9. The van der Waals surface area contributed by atoms with Gasteiger partial charge in [0.15, 0.2) is 0 Å². The van der Waals surface area contributed by atoms with Crippen molar-refractivity contribution in [3.8, 4) is 0 Å². The van der Waals surface area contributed by atoms with Gasteiger partial charge in [0.2, 0.25) is 5.91 Å². The molecular formula is C22H32N6O. The third-order valence-corrected chi connectivity index (χ3v) is 6.41. The lowest BCUT2D eigenvalue weighted by molar-refractivity contribution is -0.125. The van der Waals surface area contributed by atoms with Crippen LogP contribution in [0.15, 0.2) is 6.20 Å². The number of hydrogen-bond acceptors (Lipinski definition) is 5. The van der Waals surface area contributed by atoms with E-state index in [1.807, 2.05) is 13.1 Å². The average molecular weight is 397 g/mol. The number of aromatic amines is 1. The predicted octanol–water partition coefficient (Wildman–Crippen LogP) is 1.59. The minimum absolute atomic E-state index is 0.0822. The highest BCUT2D eigenvalue weighted by Crippen LogP contribution is 2.33. The fourth-order valence-electron chi connectivity index (χ4n) is 4.79. The molecule has 0 saturated carbocycles. The maximum atomic E-state index is 13.2. The van der Waals surface area contributed by atoms with Crippen LogP contribution in [-0.4, -0.2) is 52.4 Å². The van der Waals surface area contributed by atoms with Crippen LogP contribution >= 0.6 is 0 Å². The fourth-order valence-corrected chi connectivity index (χ4v) is 4.79. The first-order chi connectivity index (χ1) is 14.0. The number of carbonyl (C=O) groups excluding carboxylic acids is 1. The number of likely N-dealkylation sites (tertiary alicyclic amines) is 1. The van der Waals surface area contributed by atoms with Gasteiger partial charge in [-0.25, -0.2) is 4.98 Å². The van der Waals surface area contributed by atoms with Gasteiger partial charge in [-0.15, -0.1) is 0 Å². The third kappa shape index (κ3) is 3.94. The van der Waals surface area contributed by atoms with Crippen LogP contribution in [0.3, 0.4) is 0 Å². The molecule has 7 nitrogen and oxygen atoms in total. The molecule has 0 radical (unpaired) electrons. The van der Waals surface area contributed by atoms with E-state index < -0.39 is 0 Å². The summed E-state index contributed by atoms with van der Waals surface area (Å²) in [4.78, 5) is 28.2. The lowest BCUT2D eigenvalue weighted by atomic mass is 9.90. The molecule has 29 heavy (non-hydrogen) atoms. The first kappa shape index (κ1) is 20.0. The van der Waals surface area contributed by atoms with Crippen LogP contribution in [0.4, 0.5) is 0 Å².